The first-order chi connectivity index (χ1) is 7.54. The number of rotatable bonds is 3. The van der Waals surface area contributed by atoms with Crippen molar-refractivity contribution in [3.8, 4) is 0 Å². The number of nitrogens with one attached hydrogen (secondary N) is 1. The Balaban J connectivity index is 3.07. The molecule has 0 aromatic carbocycles. The molecule has 16 heavy (non-hydrogen) atoms. The molecule has 0 aliphatic carbocycles. The maximum absolute atomic E-state index is 11.5. The molecule has 0 atom stereocenters. The first-order valence-electron chi connectivity index (χ1n) is 4.66. The van der Waals surface area contributed by atoms with E-state index in [0.29, 0.717) is 10.3 Å². The van der Waals surface area contributed by atoms with Crippen molar-refractivity contribution in [1.82, 2.24) is 4.98 Å². The van der Waals surface area contributed by atoms with Gasteiger partial charge in [0.1, 0.15) is 4.60 Å². The van der Waals surface area contributed by atoms with Crippen molar-refractivity contribution < 1.29 is 14.3 Å². The van der Waals surface area contributed by atoms with Gasteiger partial charge in [-0.2, -0.15) is 0 Å². The van der Waals surface area contributed by atoms with Crippen LogP contribution in [0.25, 0.3) is 0 Å². The van der Waals surface area contributed by atoms with Crippen molar-refractivity contribution >= 4 is 33.5 Å². The van der Waals surface area contributed by atoms with E-state index in [1.54, 1.807) is 19.1 Å². The SMILES string of the molecule is CCOC(=O)c1nc(Br)ccc1NC(C)=O. The Labute approximate surface area is 101 Å². The number of hydrogen-bond acceptors (Lipinski definition) is 4. The summed E-state index contributed by atoms with van der Waals surface area (Å²) in [6, 6.07) is 3.22. The van der Waals surface area contributed by atoms with Crippen molar-refractivity contribution in [3.05, 3.63) is 22.4 Å². The Morgan fingerprint density at radius 3 is 2.75 bits per heavy atom. The molecule has 0 saturated carbocycles. The number of amides is 1. The third kappa shape index (κ3) is 3.30. The van der Waals surface area contributed by atoms with Crippen LogP contribution in [0.3, 0.4) is 0 Å². The van der Waals surface area contributed by atoms with Crippen LogP contribution in [0, 0.1) is 0 Å². The zero-order chi connectivity index (χ0) is 12.1. The van der Waals surface area contributed by atoms with E-state index in [1.807, 2.05) is 0 Å². The summed E-state index contributed by atoms with van der Waals surface area (Å²) in [5, 5.41) is 2.52. The molecule has 0 aliphatic heterocycles. The van der Waals surface area contributed by atoms with E-state index in [9.17, 15) is 9.59 Å². The quantitative estimate of drug-likeness (QED) is 0.681. The lowest BCUT2D eigenvalue weighted by molar-refractivity contribution is -0.114. The topological polar surface area (TPSA) is 68.3 Å². The number of carbonyl (C=O) groups is 2. The molecule has 0 radical (unpaired) electrons. The van der Waals surface area contributed by atoms with Crippen molar-refractivity contribution in [3.63, 3.8) is 0 Å². The Kier molecular flexibility index (Phi) is 4.42. The molecule has 0 bridgehead atoms. The first kappa shape index (κ1) is 12.6. The van der Waals surface area contributed by atoms with Crippen LogP contribution in [0.4, 0.5) is 5.69 Å². The van der Waals surface area contributed by atoms with Crippen LogP contribution in [-0.2, 0) is 9.53 Å². The van der Waals surface area contributed by atoms with Crippen molar-refractivity contribution in [2.24, 2.45) is 0 Å². The minimum absolute atomic E-state index is 0.0893. The predicted octanol–water partition coefficient (Wildman–Crippen LogP) is 1.98. The standard InChI is InChI=1S/C10H11BrN2O3/c1-3-16-10(15)9-7(12-6(2)14)4-5-8(11)13-9/h4-5H,3H2,1-2H3,(H,12,14). The lowest BCUT2D eigenvalue weighted by Gasteiger charge is -2.08. The number of nitrogens with zero attached hydrogens (tertiary/aromatic N) is 1. The Morgan fingerprint density at radius 2 is 2.19 bits per heavy atom. The molecule has 1 N–H and O–H groups in total. The monoisotopic (exact) mass is 286 g/mol. The van der Waals surface area contributed by atoms with Gasteiger partial charge >= 0.3 is 5.97 Å². The molecular weight excluding hydrogens is 276 g/mol. The summed E-state index contributed by atoms with van der Waals surface area (Å²) in [7, 11) is 0. The molecule has 0 aliphatic rings. The van der Waals surface area contributed by atoms with Gasteiger partial charge in [-0.15, -0.1) is 0 Å². The van der Waals surface area contributed by atoms with Crippen LogP contribution >= 0.6 is 15.9 Å². The molecular formula is C10H11BrN2O3. The number of hydrogen-bond donors (Lipinski definition) is 1. The van der Waals surface area contributed by atoms with E-state index >= 15 is 0 Å². The second kappa shape index (κ2) is 5.60. The molecule has 6 heteroatoms. The number of aromatic nitrogens is 1. The fourth-order valence-electron chi connectivity index (χ4n) is 1.08. The number of anilines is 1. The first-order valence-corrected chi connectivity index (χ1v) is 5.45. The lowest BCUT2D eigenvalue weighted by atomic mass is 10.3. The van der Waals surface area contributed by atoms with E-state index < -0.39 is 5.97 Å². The summed E-state index contributed by atoms with van der Waals surface area (Å²) in [4.78, 5) is 26.4. The van der Waals surface area contributed by atoms with Gasteiger partial charge in [-0.25, -0.2) is 9.78 Å². The van der Waals surface area contributed by atoms with Crippen LogP contribution in [0.5, 0.6) is 0 Å². The van der Waals surface area contributed by atoms with Gasteiger partial charge in [-0.05, 0) is 35.0 Å². The summed E-state index contributed by atoms with van der Waals surface area (Å²) in [6.07, 6.45) is 0. The molecule has 86 valence electrons. The highest BCUT2D eigenvalue weighted by Gasteiger charge is 2.15. The number of esters is 1. The van der Waals surface area contributed by atoms with Gasteiger partial charge in [0.2, 0.25) is 5.91 Å². The van der Waals surface area contributed by atoms with Crippen LogP contribution in [-0.4, -0.2) is 23.5 Å². The highest BCUT2D eigenvalue weighted by Crippen LogP contribution is 2.18. The molecule has 0 unspecified atom stereocenters. The second-order valence-corrected chi connectivity index (χ2v) is 3.74. The summed E-state index contributed by atoms with van der Waals surface area (Å²) < 4.78 is 5.34. The third-order valence-electron chi connectivity index (χ3n) is 1.64. The van der Waals surface area contributed by atoms with E-state index in [2.05, 4.69) is 26.2 Å². The van der Waals surface area contributed by atoms with Crippen LogP contribution in [0.2, 0.25) is 0 Å². The number of carbonyl (C=O) groups excluding carboxylic acids is 2. The van der Waals surface area contributed by atoms with Gasteiger partial charge in [0.15, 0.2) is 5.69 Å². The average Bonchev–Trinajstić information content (AvgIpc) is 2.20. The second-order valence-electron chi connectivity index (χ2n) is 2.93. The van der Waals surface area contributed by atoms with Gasteiger partial charge in [-0.1, -0.05) is 0 Å². The van der Waals surface area contributed by atoms with Gasteiger partial charge in [0.05, 0.1) is 12.3 Å². The van der Waals surface area contributed by atoms with Crippen LogP contribution < -0.4 is 5.32 Å². The number of ether oxygens (including phenoxy) is 1. The normalized spacial score (nSPS) is 9.69. The Bertz CT molecular complexity index is 421. The molecule has 1 aromatic heterocycles. The van der Waals surface area contributed by atoms with Crippen molar-refractivity contribution in [2.45, 2.75) is 13.8 Å². The maximum Gasteiger partial charge on any atom is 0.359 e. The van der Waals surface area contributed by atoms with Crippen molar-refractivity contribution in [2.75, 3.05) is 11.9 Å². The highest BCUT2D eigenvalue weighted by molar-refractivity contribution is 9.10. The van der Waals surface area contributed by atoms with Gasteiger partial charge in [-0.3, -0.25) is 4.79 Å². The molecule has 5 nitrogen and oxygen atoms in total. The zero-order valence-corrected chi connectivity index (χ0v) is 10.5. The van der Waals surface area contributed by atoms with Crippen LogP contribution in [0.1, 0.15) is 24.3 Å². The summed E-state index contributed by atoms with van der Waals surface area (Å²) in [6.45, 7) is 3.32. The van der Waals surface area contributed by atoms with Gasteiger partial charge in [0, 0.05) is 6.92 Å². The fourth-order valence-corrected chi connectivity index (χ4v) is 1.39. The fraction of sp³-hybridized carbons (Fsp3) is 0.300. The molecule has 0 saturated heterocycles. The van der Waals surface area contributed by atoms with E-state index in [4.69, 9.17) is 4.74 Å². The minimum Gasteiger partial charge on any atom is -0.461 e. The lowest BCUT2D eigenvalue weighted by Crippen LogP contribution is -2.14. The van der Waals surface area contributed by atoms with E-state index in [0.717, 1.165) is 0 Å². The Hall–Kier alpha value is -1.43. The maximum atomic E-state index is 11.5. The number of pyridine rings is 1. The van der Waals surface area contributed by atoms with E-state index in [1.165, 1.54) is 6.92 Å². The van der Waals surface area contributed by atoms with Crippen LogP contribution in [0.15, 0.2) is 16.7 Å². The average molecular weight is 287 g/mol. The molecule has 1 aromatic rings. The summed E-state index contributed by atoms with van der Waals surface area (Å²) in [5.74, 6) is -0.831. The van der Waals surface area contributed by atoms with Gasteiger partial charge in [0.25, 0.3) is 0 Å². The van der Waals surface area contributed by atoms with Crippen molar-refractivity contribution in [1.29, 1.82) is 0 Å². The third-order valence-corrected chi connectivity index (χ3v) is 2.08. The molecule has 1 heterocycles. The smallest absolute Gasteiger partial charge is 0.359 e. The predicted molar refractivity (Wildman–Crippen MR) is 62.2 cm³/mol. The summed E-state index contributed by atoms with van der Waals surface area (Å²) in [5.41, 5.74) is 0.431. The summed E-state index contributed by atoms with van der Waals surface area (Å²) >= 11 is 3.15. The van der Waals surface area contributed by atoms with Gasteiger partial charge < -0.3 is 10.1 Å². The molecule has 0 spiro atoms. The number of halogens is 1. The zero-order valence-electron chi connectivity index (χ0n) is 8.91. The molecule has 1 rings (SSSR count). The molecule has 1 amide bonds. The highest BCUT2D eigenvalue weighted by atomic mass is 79.9. The molecule has 0 fully saturated rings. The Morgan fingerprint density at radius 1 is 1.50 bits per heavy atom. The minimum atomic E-state index is -0.562. The van der Waals surface area contributed by atoms with E-state index in [-0.39, 0.29) is 18.2 Å². The largest absolute Gasteiger partial charge is 0.461 e.